The summed E-state index contributed by atoms with van der Waals surface area (Å²) in [5.74, 6) is -1.07. The Balaban J connectivity index is 1.69. The standard InChI is InChI=1S/C32H39F3N5O2/c1-21(2)37-31(41)40(19-23-16-36-17-27(23)35)29(32(3)11-13-42-14-12-32)30-38-28(25-15-24(33)9-10-26(25)34)20-39(30)18-22-7-5-4-6-8-22/h4-10,15,20-21,23,27,29,36H,1,11-14,16-19H2,2-3H3,(H,37,41)/t21-,23-,27-,29?/m0/s1. The summed E-state index contributed by atoms with van der Waals surface area (Å²) in [5.41, 5.74) is 0.764. The molecule has 5 rings (SSSR count). The minimum absolute atomic E-state index is 0.0325. The van der Waals surface area contributed by atoms with Gasteiger partial charge in [0, 0.05) is 63.1 Å². The van der Waals surface area contributed by atoms with Crippen LogP contribution in [0.4, 0.5) is 18.0 Å². The molecule has 2 fully saturated rings. The fourth-order valence-electron chi connectivity index (χ4n) is 6.05. The topological polar surface area (TPSA) is 71.4 Å². The van der Waals surface area contributed by atoms with Gasteiger partial charge in [-0.1, -0.05) is 37.3 Å². The van der Waals surface area contributed by atoms with Crippen LogP contribution >= 0.6 is 0 Å². The number of carbonyl (C=O) groups excluding carboxylic acids is 1. The number of aromatic nitrogens is 2. The average Bonchev–Trinajstić information content (AvgIpc) is 3.55. The Hall–Kier alpha value is -3.37. The van der Waals surface area contributed by atoms with Gasteiger partial charge in [0.05, 0.1) is 11.7 Å². The Labute approximate surface area is 245 Å². The van der Waals surface area contributed by atoms with Crippen LogP contribution in [-0.4, -0.2) is 65.5 Å². The maximum Gasteiger partial charge on any atom is 0.318 e. The lowest BCUT2D eigenvalue weighted by molar-refractivity contribution is -0.0282. The number of amides is 2. The van der Waals surface area contributed by atoms with E-state index in [2.05, 4.69) is 24.5 Å². The van der Waals surface area contributed by atoms with Crippen LogP contribution in [0.25, 0.3) is 11.3 Å². The number of hydrogen-bond acceptors (Lipinski definition) is 4. The van der Waals surface area contributed by atoms with Gasteiger partial charge in [0.1, 0.15) is 23.6 Å². The molecule has 1 aromatic heterocycles. The van der Waals surface area contributed by atoms with E-state index in [0.29, 0.717) is 45.0 Å². The Morgan fingerprint density at radius 1 is 1.21 bits per heavy atom. The largest absolute Gasteiger partial charge is 0.381 e. The highest BCUT2D eigenvalue weighted by Gasteiger charge is 2.46. The smallest absolute Gasteiger partial charge is 0.318 e. The number of halogens is 3. The van der Waals surface area contributed by atoms with E-state index >= 15 is 8.78 Å². The Morgan fingerprint density at radius 2 is 1.95 bits per heavy atom. The predicted molar refractivity (Wildman–Crippen MR) is 155 cm³/mol. The minimum Gasteiger partial charge on any atom is -0.381 e. The highest BCUT2D eigenvalue weighted by atomic mass is 19.1. The number of nitrogens with one attached hydrogen (secondary N) is 2. The third-order valence-electron chi connectivity index (χ3n) is 8.38. The molecule has 2 N–H and O–H groups in total. The van der Waals surface area contributed by atoms with Crippen molar-refractivity contribution < 1.29 is 22.7 Å². The molecule has 225 valence electrons. The van der Waals surface area contributed by atoms with Gasteiger partial charge in [-0.25, -0.2) is 22.9 Å². The summed E-state index contributed by atoms with van der Waals surface area (Å²) in [6, 6.07) is 11.6. The Kier molecular flexibility index (Phi) is 9.22. The number of alkyl halides is 1. The van der Waals surface area contributed by atoms with Gasteiger partial charge in [-0.3, -0.25) is 0 Å². The molecule has 2 aromatic carbocycles. The highest BCUT2D eigenvalue weighted by Crippen LogP contribution is 2.46. The zero-order valence-electron chi connectivity index (χ0n) is 24.2. The van der Waals surface area contributed by atoms with E-state index in [-0.39, 0.29) is 30.4 Å². The maximum atomic E-state index is 15.0. The van der Waals surface area contributed by atoms with E-state index < -0.39 is 41.2 Å². The quantitative estimate of drug-likeness (QED) is 0.348. The van der Waals surface area contributed by atoms with E-state index in [1.54, 1.807) is 18.0 Å². The second kappa shape index (κ2) is 12.9. The van der Waals surface area contributed by atoms with Crippen LogP contribution in [0.1, 0.15) is 44.1 Å². The van der Waals surface area contributed by atoms with Crippen LogP contribution in [0.2, 0.25) is 0 Å². The molecular weight excluding hydrogens is 543 g/mol. The number of carbonyl (C=O) groups is 1. The second-order valence-electron chi connectivity index (χ2n) is 11.8. The molecule has 0 bridgehead atoms. The molecule has 2 saturated heterocycles. The van der Waals surface area contributed by atoms with Crippen LogP contribution in [0.5, 0.6) is 0 Å². The summed E-state index contributed by atoms with van der Waals surface area (Å²) in [6.07, 6.45) is 1.86. The lowest BCUT2D eigenvalue weighted by Gasteiger charge is -2.46. The minimum atomic E-state index is -1.11. The van der Waals surface area contributed by atoms with Gasteiger partial charge in [-0.15, -0.1) is 0 Å². The number of rotatable bonds is 9. The monoisotopic (exact) mass is 582 g/mol. The van der Waals surface area contributed by atoms with Crippen LogP contribution < -0.4 is 10.6 Å². The number of urea groups is 1. The number of imidazole rings is 1. The molecule has 3 heterocycles. The van der Waals surface area contributed by atoms with Crippen LogP contribution in [0.3, 0.4) is 0 Å². The summed E-state index contributed by atoms with van der Waals surface area (Å²) >= 11 is 0. The molecule has 0 spiro atoms. The lowest BCUT2D eigenvalue weighted by Crippen LogP contribution is -2.53. The normalized spacial score (nSPS) is 20.9. The fraction of sp³-hybridized carbons (Fsp3) is 0.469. The molecule has 0 saturated carbocycles. The van der Waals surface area contributed by atoms with Crippen LogP contribution in [-0.2, 0) is 11.3 Å². The lowest BCUT2D eigenvalue weighted by atomic mass is 9.74. The summed E-state index contributed by atoms with van der Waals surface area (Å²) in [5, 5.41) is 6.01. The van der Waals surface area contributed by atoms with E-state index in [4.69, 9.17) is 9.72 Å². The van der Waals surface area contributed by atoms with Gasteiger partial charge in [0.2, 0.25) is 0 Å². The molecule has 2 aliphatic rings. The molecule has 0 aliphatic carbocycles. The van der Waals surface area contributed by atoms with Gasteiger partial charge in [0.25, 0.3) is 0 Å². The van der Waals surface area contributed by atoms with Crippen molar-refractivity contribution in [2.24, 2.45) is 11.3 Å². The zero-order valence-corrected chi connectivity index (χ0v) is 24.2. The summed E-state index contributed by atoms with van der Waals surface area (Å²) in [7, 11) is 0. The third-order valence-corrected chi connectivity index (χ3v) is 8.38. The van der Waals surface area contributed by atoms with Gasteiger partial charge in [-0.05, 0) is 55.9 Å². The number of hydrogen-bond donors (Lipinski definition) is 2. The Morgan fingerprint density at radius 3 is 2.62 bits per heavy atom. The summed E-state index contributed by atoms with van der Waals surface area (Å²) in [4.78, 5) is 20.6. The van der Waals surface area contributed by atoms with Gasteiger partial charge in [-0.2, -0.15) is 0 Å². The van der Waals surface area contributed by atoms with E-state index in [1.807, 2.05) is 34.9 Å². The first-order valence-corrected chi connectivity index (χ1v) is 14.5. The molecule has 1 unspecified atom stereocenters. The van der Waals surface area contributed by atoms with Crippen molar-refractivity contribution in [3.8, 4) is 11.3 Å². The molecule has 3 aromatic rings. The van der Waals surface area contributed by atoms with E-state index in [1.165, 1.54) is 0 Å². The number of nitrogens with zero attached hydrogens (tertiary/aromatic N) is 3. The van der Waals surface area contributed by atoms with Crippen LogP contribution in [0.15, 0.2) is 54.7 Å². The van der Waals surface area contributed by atoms with Crippen molar-refractivity contribution in [1.29, 1.82) is 0 Å². The number of benzene rings is 2. The molecule has 2 aliphatic heterocycles. The van der Waals surface area contributed by atoms with Crippen molar-refractivity contribution in [2.75, 3.05) is 32.8 Å². The molecule has 10 heteroatoms. The zero-order chi connectivity index (χ0) is 29.9. The first-order chi connectivity index (χ1) is 20.1. The average molecular weight is 583 g/mol. The first-order valence-electron chi connectivity index (χ1n) is 14.5. The number of ether oxygens (including phenoxy) is 1. The van der Waals surface area contributed by atoms with Gasteiger partial charge < -0.3 is 24.8 Å². The maximum absolute atomic E-state index is 15.0. The Bertz CT molecular complexity index is 1360. The molecule has 4 atom stereocenters. The highest BCUT2D eigenvalue weighted by molar-refractivity contribution is 5.75. The molecular formula is C32H39F3N5O2. The summed E-state index contributed by atoms with van der Waals surface area (Å²) in [6.45, 7) is 10.0. The van der Waals surface area contributed by atoms with Crippen molar-refractivity contribution in [2.45, 2.75) is 51.5 Å². The van der Waals surface area contributed by atoms with Gasteiger partial charge >= 0.3 is 6.03 Å². The van der Waals surface area contributed by atoms with Gasteiger partial charge in [0.15, 0.2) is 0 Å². The van der Waals surface area contributed by atoms with E-state index in [9.17, 15) is 9.18 Å². The molecule has 7 nitrogen and oxygen atoms in total. The molecule has 2 amide bonds. The SMILES string of the molecule is [CH2][C@@H](C)NC(=O)N(C[C@@H]1CNC[C@@H]1F)C(c1nc(-c2cc(F)ccc2F)cn1Cc1ccccc1)C1(C)CCOCC1. The van der Waals surface area contributed by atoms with Crippen molar-refractivity contribution >= 4 is 6.03 Å². The van der Waals surface area contributed by atoms with Crippen molar-refractivity contribution in [3.05, 3.63) is 84.7 Å². The van der Waals surface area contributed by atoms with Crippen molar-refractivity contribution in [1.82, 2.24) is 25.1 Å². The van der Waals surface area contributed by atoms with Crippen LogP contribution in [0, 0.1) is 29.9 Å². The molecule has 42 heavy (non-hydrogen) atoms. The van der Waals surface area contributed by atoms with E-state index in [0.717, 1.165) is 23.8 Å². The third kappa shape index (κ3) is 6.65. The first kappa shape index (κ1) is 30.1. The van der Waals surface area contributed by atoms with Crippen molar-refractivity contribution in [3.63, 3.8) is 0 Å². The predicted octanol–water partition coefficient (Wildman–Crippen LogP) is 5.53. The molecule has 1 radical (unpaired) electrons. The second-order valence-corrected chi connectivity index (χ2v) is 11.8. The summed E-state index contributed by atoms with van der Waals surface area (Å²) < 4.78 is 52.0. The fourth-order valence-corrected chi connectivity index (χ4v) is 6.05.